The lowest BCUT2D eigenvalue weighted by atomic mass is 9.81. The third kappa shape index (κ3) is 4.90. The van der Waals surface area contributed by atoms with Gasteiger partial charge in [0.2, 0.25) is 5.91 Å². The van der Waals surface area contributed by atoms with Gasteiger partial charge in [-0.1, -0.05) is 18.2 Å². The van der Waals surface area contributed by atoms with Crippen molar-refractivity contribution < 1.29 is 9.18 Å². The summed E-state index contributed by atoms with van der Waals surface area (Å²) in [6.07, 6.45) is 7.30. The lowest BCUT2D eigenvalue weighted by Gasteiger charge is -2.31. The molecule has 0 bridgehead atoms. The van der Waals surface area contributed by atoms with Gasteiger partial charge in [-0.05, 0) is 63.3 Å². The first kappa shape index (κ1) is 25.6. The van der Waals surface area contributed by atoms with Crippen LogP contribution in [-0.2, 0) is 4.79 Å². The number of rotatable bonds is 7. The Morgan fingerprint density at radius 3 is 2.58 bits per heavy atom. The highest BCUT2D eigenvalue weighted by molar-refractivity contribution is 5.91. The van der Waals surface area contributed by atoms with Crippen molar-refractivity contribution in [3.63, 3.8) is 0 Å². The van der Waals surface area contributed by atoms with E-state index in [0.29, 0.717) is 5.82 Å². The Morgan fingerprint density at radius 2 is 1.93 bits per heavy atom. The monoisotopic (exact) mass is 539 g/mol. The van der Waals surface area contributed by atoms with E-state index in [2.05, 4.69) is 32.1 Å². The van der Waals surface area contributed by atoms with E-state index >= 15 is 0 Å². The zero-order valence-corrected chi connectivity index (χ0v) is 22.3. The third-order valence-electron chi connectivity index (χ3n) is 7.69. The summed E-state index contributed by atoms with van der Waals surface area (Å²) in [6, 6.07) is 13.5. The molecule has 11 heteroatoms. The first-order valence-corrected chi connectivity index (χ1v) is 13.4. The molecular weight excluding hydrogens is 509 g/mol. The molecule has 0 spiro atoms. The second-order valence-corrected chi connectivity index (χ2v) is 10.4. The molecule has 4 heterocycles. The van der Waals surface area contributed by atoms with Gasteiger partial charge in [0, 0.05) is 35.2 Å². The molecule has 3 N–H and O–H groups in total. The fraction of sp³-hybridized carbons (Fsp3) is 0.310. The number of nitrogens with one attached hydrogen (secondary N) is 1. The molecule has 0 radical (unpaired) electrons. The number of benzene rings is 1. The number of fused-ring (bicyclic) bond motifs is 1. The van der Waals surface area contributed by atoms with Crippen molar-refractivity contribution in [1.82, 2.24) is 34.9 Å². The summed E-state index contributed by atoms with van der Waals surface area (Å²) >= 11 is 0. The van der Waals surface area contributed by atoms with E-state index in [0.717, 1.165) is 71.5 Å². The van der Waals surface area contributed by atoms with Gasteiger partial charge in [0.25, 0.3) is 0 Å². The van der Waals surface area contributed by atoms with Crippen LogP contribution < -0.4 is 10.6 Å². The number of primary amides is 1. The average Bonchev–Trinajstić information content (AvgIpc) is 3.61. The summed E-state index contributed by atoms with van der Waals surface area (Å²) < 4.78 is 14.9. The first-order chi connectivity index (χ1) is 19.4. The molecule has 1 aliphatic carbocycles. The number of carbonyl (C=O) groups is 1. The Kier molecular flexibility index (Phi) is 6.71. The minimum Gasteiger partial charge on any atom is -0.369 e. The summed E-state index contributed by atoms with van der Waals surface area (Å²) in [6.45, 7) is 4.03. The molecule has 1 atom stereocenters. The number of anilines is 2. The number of nitrogens with two attached hydrogens (primary N) is 1. The highest BCUT2D eigenvalue weighted by Gasteiger charge is 2.30. The van der Waals surface area contributed by atoms with E-state index in [1.165, 1.54) is 10.9 Å². The largest absolute Gasteiger partial charge is 0.369 e. The standard InChI is InChI=1S/C29H30FN9O/c1-17-13-26(37-36-17)39(18(2)21-11-12-25(32-14-21)38-16-22(30)15-33-38)29-23-5-3-4-6-24(23)34-28(35-29)20-9-7-19(8-10-20)27(31)40/h3-6,11-16,18-20H,7-10H2,1-2H3,(H2,31,40)(H,36,37)/t18-,19?,20?/m0/s1. The summed E-state index contributed by atoms with van der Waals surface area (Å²) in [5, 5.41) is 12.6. The number of aromatic amines is 1. The summed E-state index contributed by atoms with van der Waals surface area (Å²) in [5.41, 5.74) is 8.26. The molecule has 0 aliphatic heterocycles. The highest BCUT2D eigenvalue weighted by atomic mass is 19.1. The number of halogens is 1. The van der Waals surface area contributed by atoms with Crippen LogP contribution in [-0.4, -0.2) is 40.8 Å². The smallest absolute Gasteiger partial charge is 0.220 e. The van der Waals surface area contributed by atoms with E-state index in [-0.39, 0.29) is 23.8 Å². The average molecular weight is 540 g/mol. The highest BCUT2D eigenvalue weighted by Crippen LogP contribution is 2.40. The number of para-hydroxylation sites is 1. The Labute approximate surface area is 230 Å². The Bertz CT molecular complexity index is 1650. The molecule has 1 saturated carbocycles. The lowest BCUT2D eigenvalue weighted by molar-refractivity contribution is -0.122. The van der Waals surface area contributed by atoms with Gasteiger partial charge in [-0.3, -0.25) is 9.89 Å². The van der Waals surface area contributed by atoms with Crippen LogP contribution in [0, 0.1) is 18.7 Å². The van der Waals surface area contributed by atoms with Gasteiger partial charge in [0.15, 0.2) is 17.5 Å². The molecule has 0 saturated heterocycles. The van der Waals surface area contributed by atoms with Crippen molar-refractivity contribution in [1.29, 1.82) is 0 Å². The minimum atomic E-state index is -0.422. The predicted octanol–water partition coefficient (Wildman–Crippen LogP) is 5.04. The molecule has 1 amide bonds. The van der Waals surface area contributed by atoms with Gasteiger partial charge in [0.05, 0.1) is 24.0 Å². The fourth-order valence-corrected chi connectivity index (χ4v) is 5.45. The normalized spacial score (nSPS) is 18.1. The van der Waals surface area contributed by atoms with E-state index in [1.807, 2.05) is 49.4 Å². The second-order valence-electron chi connectivity index (χ2n) is 10.4. The number of aryl methyl sites for hydroxylation is 1. The van der Waals surface area contributed by atoms with Crippen LogP contribution in [0.15, 0.2) is 61.1 Å². The molecule has 1 fully saturated rings. The maximum absolute atomic E-state index is 13.5. The van der Waals surface area contributed by atoms with Crippen molar-refractivity contribution in [2.45, 2.75) is 51.5 Å². The van der Waals surface area contributed by atoms with Crippen molar-refractivity contribution >= 4 is 28.4 Å². The topological polar surface area (TPSA) is 132 Å². The number of H-pyrrole nitrogens is 1. The van der Waals surface area contributed by atoms with Gasteiger partial charge < -0.3 is 10.6 Å². The van der Waals surface area contributed by atoms with Crippen LogP contribution in [0.25, 0.3) is 16.7 Å². The van der Waals surface area contributed by atoms with Crippen LogP contribution in [0.1, 0.15) is 61.6 Å². The third-order valence-corrected chi connectivity index (χ3v) is 7.69. The minimum absolute atomic E-state index is 0.0894. The molecule has 204 valence electrons. The maximum Gasteiger partial charge on any atom is 0.220 e. The maximum atomic E-state index is 13.5. The molecule has 6 rings (SSSR count). The molecule has 10 nitrogen and oxygen atoms in total. The lowest BCUT2D eigenvalue weighted by Crippen LogP contribution is -2.28. The number of hydrogen-bond donors (Lipinski definition) is 2. The SMILES string of the molecule is Cc1cc(N(c2nc(C3CCC(C(N)=O)CC3)nc3ccccc23)[C@@H](C)c2ccc(-n3cc(F)cn3)nc2)n[nH]1. The van der Waals surface area contributed by atoms with E-state index in [1.54, 1.807) is 6.20 Å². The molecular formula is C29H30FN9O. The fourth-order valence-electron chi connectivity index (χ4n) is 5.45. The van der Waals surface area contributed by atoms with Crippen LogP contribution in [0.5, 0.6) is 0 Å². The van der Waals surface area contributed by atoms with E-state index in [4.69, 9.17) is 15.7 Å². The molecule has 1 aromatic carbocycles. The van der Waals surface area contributed by atoms with Crippen LogP contribution in [0.4, 0.5) is 16.0 Å². The van der Waals surface area contributed by atoms with Gasteiger partial charge in [-0.15, -0.1) is 0 Å². The summed E-state index contributed by atoms with van der Waals surface area (Å²) in [7, 11) is 0. The van der Waals surface area contributed by atoms with Crippen molar-refractivity contribution in [2.75, 3.05) is 4.90 Å². The van der Waals surface area contributed by atoms with Crippen LogP contribution >= 0.6 is 0 Å². The predicted molar refractivity (Wildman–Crippen MR) is 149 cm³/mol. The van der Waals surface area contributed by atoms with Gasteiger partial charge in [0.1, 0.15) is 11.6 Å². The number of pyridine rings is 1. The number of amides is 1. The van der Waals surface area contributed by atoms with E-state index in [9.17, 15) is 9.18 Å². The number of nitrogens with zero attached hydrogens (tertiary/aromatic N) is 7. The van der Waals surface area contributed by atoms with Gasteiger partial charge in [-0.2, -0.15) is 10.2 Å². The summed E-state index contributed by atoms with van der Waals surface area (Å²) in [4.78, 5) is 28.5. The Hall–Kier alpha value is -4.67. The number of aromatic nitrogens is 7. The van der Waals surface area contributed by atoms with E-state index < -0.39 is 5.82 Å². The molecule has 40 heavy (non-hydrogen) atoms. The summed E-state index contributed by atoms with van der Waals surface area (Å²) in [5.74, 6) is 2.13. The molecule has 5 aromatic rings. The Balaban J connectivity index is 1.42. The number of carbonyl (C=O) groups excluding carboxylic acids is 1. The second kappa shape index (κ2) is 10.5. The van der Waals surface area contributed by atoms with Crippen molar-refractivity contribution in [2.24, 2.45) is 11.7 Å². The van der Waals surface area contributed by atoms with Gasteiger partial charge in [-0.25, -0.2) is 24.0 Å². The van der Waals surface area contributed by atoms with Crippen molar-refractivity contribution in [3.8, 4) is 5.82 Å². The molecule has 0 unspecified atom stereocenters. The van der Waals surface area contributed by atoms with Crippen LogP contribution in [0.2, 0.25) is 0 Å². The number of hydrogen-bond acceptors (Lipinski definition) is 7. The molecule has 1 aliphatic rings. The quantitative estimate of drug-likeness (QED) is 0.296. The van der Waals surface area contributed by atoms with Crippen molar-refractivity contribution in [3.05, 3.63) is 84.0 Å². The first-order valence-electron chi connectivity index (χ1n) is 13.4. The Morgan fingerprint density at radius 1 is 1.12 bits per heavy atom. The molecule has 4 aromatic heterocycles. The zero-order chi connectivity index (χ0) is 27.8. The zero-order valence-electron chi connectivity index (χ0n) is 22.3. The van der Waals surface area contributed by atoms with Gasteiger partial charge >= 0.3 is 0 Å². The van der Waals surface area contributed by atoms with Crippen LogP contribution in [0.3, 0.4) is 0 Å².